The molecule has 0 unspecified atom stereocenters. The third-order valence-electron chi connectivity index (χ3n) is 4.00. The third-order valence-corrected chi connectivity index (χ3v) is 4.00. The average molecular weight is 353 g/mol. The zero-order valence-corrected chi connectivity index (χ0v) is 15.3. The SMILES string of the molecule is CCn1nccc1CNC(=O)c1ccc(COc2cc(C)cc(C)c2)o1. The molecule has 6 nitrogen and oxygen atoms in total. The Bertz CT molecular complexity index is 875. The predicted molar refractivity (Wildman–Crippen MR) is 98.0 cm³/mol. The predicted octanol–water partition coefficient (Wildman–Crippen LogP) is 3.62. The highest BCUT2D eigenvalue weighted by atomic mass is 16.5. The molecule has 136 valence electrons. The van der Waals surface area contributed by atoms with E-state index in [0.717, 1.165) is 29.1 Å². The molecule has 0 radical (unpaired) electrons. The molecule has 0 spiro atoms. The van der Waals surface area contributed by atoms with Crippen LogP contribution in [0.5, 0.6) is 5.75 Å². The lowest BCUT2D eigenvalue weighted by atomic mass is 10.1. The minimum Gasteiger partial charge on any atom is -0.486 e. The van der Waals surface area contributed by atoms with Crippen molar-refractivity contribution >= 4 is 5.91 Å². The van der Waals surface area contributed by atoms with Crippen molar-refractivity contribution in [3.8, 4) is 5.75 Å². The van der Waals surface area contributed by atoms with Crippen LogP contribution in [0.15, 0.2) is 47.0 Å². The van der Waals surface area contributed by atoms with E-state index >= 15 is 0 Å². The van der Waals surface area contributed by atoms with E-state index in [4.69, 9.17) is 9.15 Å². The number of ether oxygens (including phenoxy) is 1. The van der Waals surface area contributed by atoms with Crippen LogP contribution in [0.1, 0.15) is 40.1 Å². The van der Waals surface area contributed by atoms with Gasteiger partial charge in [0.2, 0.25) is 0 Å². The van der Waals surface area contributed by atoms with Crippen LogP contribution in [0.3, 0.4) is 0 Å². The second kappa shape index (κ2) is 7.91. The number of furan rings is 1. The molecule has 0 atom stereocenters. The molecule has 2 heterocycles. The quantitative estimate of drug-likeness (QED) is 0.704. The fourth-order valence-electron chi connectivity index (χ4n) is 2.80. The number of aromatic nitrogens is 2. The van der Waals surface area contributed by atoms with Gasteiger partial charge >= 0.3 is 0 Å². The topological polar surface area (TPSA) is 69.3 Å². The summed E-state index contributed by atoms with van der Waals surface area (Å²) in [6.45, 7) is 7.51. The van der Waals surface area contributed by atoms with E-state index in [-0.39, 0.29) is 18.3 Å². The van der Waals surface area contributed by atoms with E-state index in [1.807, 2.05) is 43.7 Å². The number of aryl methyl sites for hydroxylation is 3. The van der Waals surface area contributed by atoms with Crippen molar-refractivity contribution in [2.45, 2.75) is 40.5 Å². The summed E-state index contributed by atoms with van der Waals surface area (Å²) in [5.41, 5.74) is 3.24. The van der Waals surface area contributed by atoms with E-state index in [1.54, 1.807) is 18.3 Å². The maximum Gasteiger partial charge on any atom is 0.287 e. The Labute approximate surface area is 152 Å². The monoisotopic (exact) mass is 353 g/mol. The first kappa shape index (κ1) is 17.8. The maximum absolute atomic E-state index is 12.2. The number of hydrogen-bond acceptors (Lipinski definition) is 4. The second-order valence-corrected chi connectivity index (χ2v) is 6.20. The Hall–Kier alpha value is -3.02. The van der Waals surface area contributed by atoms with E-state index in [2.05, 4.69) is 16.5 Å². The molecule has 0 fully saturated rings. The fourth-order valence-corrected chi connectivity index (χ4v) is 2.80. The summed E-state index contributed by atoms with van der Waals surface area (Å²) in [5, 5.41) is 7.02. The number of nitrogens with zero attached hydrogens (tertiary/aromatic N) is 2. The van der Waals surface area contributed by atoms with Crippen LogP contribution in [0.25, 0.3) is 0 Å². The number of nitrogens with one attached hydrogen (secondary N) is 1. The van der Waals surface area contributed by atoms with Crippen LogP contribution in [0.4, 0.5) is 0 Å². The average Bonchev–Trinajstić information content (AvgIpc) is 3.26. The molecule has 0 saturated heterocycles. The van der Waals surface area contributed by atoms with E-state index in [1.165, 1.54) is 0 Å². The lowest BCUT2D eigenvalue weighted by Crippen LogP contribution is -2.24. The third kappa shape index (κ3) is 4.33. The smallest absolute Gasteiger partial charge is 0.287 e. The molecule has 3 rings (SSSR count). The molecule has 0 aliphatic carbocycles. The lowest BCUT2D eigenvalue weighted by Gasteiger charge is -2.07. The fraction of sp³-hybridized carbons (Fsp3) is 0.300. The number of carbonyl (C=O) groups is 1. The minimum atomic E-state index is -0.258. The van der Waals surface area contributed by atoms with Crippen molar-refractivity contribution in [2.75, 3.05) is 0 Å². The van der Waals surface area contributed by atoms with E-state index in [9.17, 15) is 4.79 Å². The van der Waals surface area contributed by atoms with Crippen LogP contribution in [0, 0.1) is 13.8 Å². The Morgan fingerprint density at radius 3 is 2.69 bits per heavy atom. The molecule has 1 N–H and O–H groups in total. The number of carbonyl (C=O) groups excluding carboxylic acids is 1. The normalized spacial score (nSPS) is 10.7. The first-order valence-electron chi connectivity index (χ1n) is 8.64. The summed E-state index contributed by atoms with van der Waals surface area (Å²) in [6, 6.07) is 11.3. The molecule has 0 aliphatic rings. The first-order chi connectivity index (χ1) is 12.5. The van der Waals surface area contributed by atoms with Gasteiger partial charge in [0, 0.05) is 12.7 Å². The van der Waals surface area contributed by atoms with Crippen LogP contribution in [0.2, 0.25) is 0 Å². The van der Waals surface area contributed by atoms with Gasteiger partial charge in [-0.3, -0.25) is 9.48 Å². The Morgan fingerprint density at radius 1 is 1.19 bits per heavy atom. The molecule has 26 heavy (non-hydrogen) atoms. The van der Waals surface area contributed by atoms with Crippen LogP contribution >= 0.6 is 0 Å². The first-order valence-corrected chi connectivity index (χ1v) is 8.64. The maximum atomic E-state index is 12.2. The van der Waals surface area contributed by atoms with Crippen LogP contribution in [-0.4, -0.2) is 15.7 Å². The Kier molecular flexibility index (Phi) is 5.41. The van der Waals surface area contributed by atoms with Crippen molar-refractivity contribution < 1.29 is 13.9 Å². The lowest BCUT2D eigenvalue weighted by molar-refractivity contribution is 0.0918. The molecule has 0 bridgehead atoms. The zero-order chi connectivity index (χ0) is 18.5. The van der Waals surface area contributed by atoms with Crippen molar-refractivity contribution in [3.63, 3.8) is 0 Å². The van der Waals surface area contributed by atoms with Crippen molar-refractivity contribution in [1.82, 2.24) is 15.1 Å². The molecule has 0 saturated carbocycles. The number of hydrogen-bond donors (Lipinski definition) is 1. The van der Waals surface area contributed by atoms with Gasteiger partial charge in [0.1, 0.15) is 18.1 Å². The Morgan fingerprint density at radius 2 is 1.96 bits per heavy atom. The highest BCUT2D eigenvalue weighted by Crippen LogP contribution is 2.18. The van der Waals surface area contributed by atoms with Gasteiger partial charge in [-0.2, -0.15) is 5.10 Å². The highest BCUT2D eigenvalue weighted by molar-refractivity contribution is 5.91. The second-order valence-electron chi connectivity index (χ2n) is 6.20. The highest BCUT2D eigenvalue weighted by Gasteiger charge is 2.12. The number of rotatable bonds is 7. The van der Waals surface area contributed by atoms with Gasteiger partial charge in [0.05, 0.1) is 12.2 Å². The van der Waals surface area contributed by atoms with Gasteiger partial charge in [0.15, 0.2) is 5.76 Å². The summed E-state index contributed by atoms with van der Waals surface area (Å²) in [4.78, 5) is 12.2. The molecular formula is C20H23N3O3. The van der Waals surface area contributed by atoms with Gasteiger partial charge in [0.25, 0.3) is 5.91 Å². The summed E-state index contributed by atoms with van der Waals surface area (Å²) in [5.74, 6) is 1.41. The van der Waals surface area contributed by atoms with Crippen molar-refractivity contribution in [2.24, 2.45) is 0 Å². The van der Waals surface area contributed by atoms with Gasteiger partial charge in [-0.15, -0.1) is 0 Å². The molecule has 0 aliphatic heterocycles. The zero-order valence-electron chi connectivity index (χ0n) is 15.3. The van der Waals surface area contributed by atoms with Crippen molar-refractivity contribution in [1.29, 1.82) is 0 Å². The summed E-state index contributed by atoms with van der Waals surface area (Å²) in [6.07, 6.45) is 1.72. The molecule has 1 amide bonds. The number of benzene rings is 1. The Balaban J connectivity index is 1.56. The summed E-state index contributed by atoms with van der Waals surface area (Å²) in [7, 11) is 0. The largest absolute Gasteiger partial charge is 0.486 e. The van der Waals surface area contributed by atoms with Crippen LogP contribution < -0.4 is 10.1 Å². The van der Waals surface area contributed by atoms with E-state index < -0.39 is 0 Å². The van der Waals surface area contributed by atoms with Gasteiger partial charge in [-0.05, 0) is 62.2 Å². The molecule has 6 heteroatoms. The van der Waals surface area contributed by atoms with Gasteiger partial charge in [-0.1, -0.05) is 6.07 Å². The van der Waals surface area contributed by atoms with E-state index in [0.29, 0.717) is 12.3 Å². The number of amides is 1. The molecular weight excluding hydrogens is 330 g/mol. The van der Waals surface area contributed by atoms with Gasteiger partial charge in [-0.25, -0.2) is 0 Å². The molecule has 1 aromatic carbocycles. The van der Waals surface area contributed by atoms with Gasteiger partial charge < -0.3 is 14.5 Å². The molecule has 2 aromatic heterocycles. The minimum absolute atomic E-state index is 0.258. The standard InChI is InChI=1S/C20H23N3O3/c1-4-23-16(7-8-22-23)12-21-20(24)19-6-5-17(26-19)13-25-18-10-14(2)9-15(3)11-18/h5-11H,4,12-13H2,1-3H3,(H,21,24). The van der Waals surface area contributed by atoms with Crippen molar-refractivity contribution in [3.05, 3.63) is 70.9 Å². The molecule has 3 aromatic rings. The summed E-state index contributed by atoms with van der Waals surface area (Å²) < 4.78 is 13.2. The van der Waals surface area contributed by atoms with Crippen LogP contribution in [-0.2, 0) is 19.7 Å². The summed E-state index contributed by atoms with van der Waals surface area (Å²) >= 11 is 0.